The molecule has 0 nitrogen and oxygen atoms in total. The zero-order valence-corrected chi connectivity index (χ0v) is 16.2. The van der Waals surface area contributed by atoms with Gasteiger partial charge in [-0.3, -0.25) is 0 Å². The molecular weight excluding hydrogens is 264 g/mol. The van der Waals surface area contributed by atoms with Crippen molar-refractivity contribution < 1.29 is 0 Å². The first-order chi connectivity index (χ1) is 10.8. The minimum absolute atomic E-state index is 1.36. The van der Waals surface area contributed by atoms with Gasteiger partial charge in [-0.25, -0.2) is 0 Å². The van der Waals surface area contributed by atoms with Gasteiger partial charge in [-0.2, -0.15) is 0 Å². The van der Waals surface area contributed by atoms with Crippen molar-refractivity contribution in [3.63, 3.8) is 0 Å². The Morgan fingerprint density at radius 1 is 0.364 bits per heavy atom. The molecule has 0 amide bonds. The van der Waals surface area contributed by atoms with Gasteiger partial charge in [0.25, 0.3) is 0 Å². The van der Waals surface area contributed by atoms with E-state index in [1.165, 1.54) is 116 Å². The van der Waals surface area contributed by atoms with E-state index in [1.54, 1.807) is 0 Å². The van der Waals surface area contributed by atoms with Gasteiger partial charge in [0.15, 0.2) is 0 Å². The number of hydrogen-bond donors (Lipinski definition) is 0. The fraction of sp³-hybridized carbons (Fsp3) is 0.955. The molecule has 0 fully saturated rings. The Morgan fingerprint density at radius 3 is 1.05 bits per heavy atom. The van der Waals surface area contributed by atoms with Crippen LogP contribution in [-0.2, 0) is 0 Å². The third-order valence-electron chi connectivity index (χ3n) is 4.90. The van der Waals surface area contributed by atoms with E-state index in [-0.39, 0.29) is 0 Å². The molecule has 0 heterocycles. The van der Waals surface area contributed by atoms with E-state index in [0.717, 1.165) is 0 Å². The van der Waals surface area contributed by atoms with E-state index in [2.05, 4.69) is 20.8 Å². The van der Waals surface area contributed by atoms with Crippen LogP contribution in [0.5, 0.6) is 0 Å². The number of unbranched alkanes of at least 4 members (excludes halogenated alkanes) is 12. The predicted molar refractivity (Wildman–Crippen MR) is 103 cm³/mol. The molecule has 0 spiro atoms. The highest BCUT2D eigenvalue weighted by molar-refractivity contribution is 4.89. The van der Waals surface area contributed by atoms with Gasteiger partial charge in [0, 0.05) is 0 Å². The molecule has 0 aromatic rings. The molecule has 0 aliphatic carbocycles. The molecule has 0 bridgehead atoms. The van der Waals surface area contributed by atoms with E-state index in [4.69, 9.17) is 0 Å². The van der Waals surface area contributed by atoms with E-state index in [9.17, 15) is 0 Å². The first-order valence-electron chi connectivity index (χ1n) is 10.7. The van der Waals surface area contributed by atoms with Crippen molar-refractivity contribution in [1.82, 2.24) is 0 Å². The Bertz CT molecular complexity index is 168. The van der Waals surface area contributed by atoms with E-state index < -0.39 is 0 Å². The maximum absolute atomic E-state index is 2.32. The van der Waals surface area contributed by atoms with E-state index in [0.29, 0.717) is 0 Å². The molecule has 0 aromatic heterocycles. The second kappa shape index (κ2) is 19.0. The molecule has 0 saturated heterocycles. The maximum atomic E-state index is 2.32. The van der Waals surface area contributed by atoms with Gasteiger partial charge in [-0.1, -0.05) is 117 Å². The zero-order valence-electron chi connectivity index (χ0n) is 16.2. The second-order valence-electron chi connectivity index (χ2n) is 7.24. The van der Waals surface area contributed by atoms with Crippen LogP contribution in [-0.4, -0.2) is 0 Å². The summed E-state index contributed by atoms with van der Waals surface area (Å²) in [5.41, 5.74) is 0. The van der Waals surface area contributed by atoms with Crippen LogP contribution in [0, 0.1) is 5.92 Å². The van der Waals surface area contributed by atoms with Crippen LogP contribution in [0.4, 0.5) is 0 Å². The summed E-state index contributed by atoms with van der Waals surface area (Å²) in [6, 6.07) is 0. The van der Waals surface area contributed by atoms with Crippen molar-refractivity contribution in [2.75, 3.05) is 0 Å². The molecule has 1 radical (unpaired) electrons. The van der Waals surface area contributed by atoms with E-state index in [1.807, 2.05) is 5.92 Å². The van der Waals surface area contributed by atoms with Crippen LogP contribution in [0.25, 0.3) is 0 Å². The van der Waals surface area contributed by atoms with Crippen molar-refractivity contribution >= 4 is 0 Å². The lowest BCUT2D eigenvalue weighted by atomic mass is 9.89. The van der Waals surface area contributed by atoms with Crippen LogP contribution < -0.4 is 0 Å². The molecule has 0 saturated carbocycles. The topological polar surface area (TPSA) is 0 Å². The third kappa shape index (κ3) is 16.4. The highest BCUT2D eigenvalue weighted by Crippen LogP contribution is 2.26. The number of rotatable bonds is 18. The summed E-state index contributed by atoms with van der Waals surface area (Å²) in [4.78, 5) is 0. The molecule has 0 rings (SSSR count). The normalized spacial score (nSPS) is 11.5. The third-order valence-corrected chi connectivity index (χ3v) is 4.90. The summed E-state index contributed by atoms with van der Waals surface area (Å²) in [7, 11) is 0. The Kier molecular flexibility index (Phi) is 19.0. The smallest absolute Gasteiger partial charge is 0.0241 e. The summed E-state index contributed by atoms with van der Waals surface area (Å²) >= 11 is 0. The summed E-state index contributed by atoms with van der Waals surface area (Å²) < 4.78 is 0. The SMILES string of the molecule is CCCCCCCC[C](CCCCC)CCCCCCCC. The largest absolute Gasteiger partial charge is 0.0654 e. The molecule has 22 heavy (non-hydrogen) atoms. The molecule has 0 aliphatic rings. The Morgan fingerprint density at radius 2 is 0.636 bits per heavy atom. The lowest BCUT2D eigenvalue weighted by Gasteiger charge is -2.16. The van der Waals surface area contributed by atoms with Crippen molar-refractivity contribution in [3.05, 3.63) is 5.92 Å². The average Bonchev–Trinajstić information content (AvgIpc) is 2.53. The average molecular weight is 310 g/mol. The summed E-state index contributed by atoms with van der Waals surface area (Å²) in [6.07, 6.45) is 25.8. The van der Waals surface area contributed by atoms with Crippen LogP contribution in [0.1, 0.15) is 136 Å². The van der Waals surface area contributed by atoms with Gasteiger partial charge < -0.3 is 0 Å². The van der Waals surface area contributed by atoms with E-state index >= 15 is 0 Å². The highest BCUT2D eigenvalue weighted by atomic mass is 14.1. The van der Waals surface area contributed by atoms with Crippen LogP contribution in [0.15, 0.2) is 0 Å². The van der Waals surface area contributed by atoms with Gasteiger partial charge >= 0.3 is 0 Å². The van der Waals surface area contributed by atoms with Gasteiger partial charge in [-0.15, -0.1) is 0 Å². The molecule has 133 valence electrons. The fourth-order valence-corrected chi connectivity index (χ4v) is 3.31. The number of hydrogen-bond acceptors (Lipinski definition) is 0. The zero-order chi connectivity index (χ0) is 16.3. The Balaban J connectivity index is 3.65. The lowest BCUT2D eigenvalue weighted by molar-refractivity contribution is 0.520. The summed E-state index contributed by atoms with van der Waals surface area (Å²) in [5.74, 6) is 1.90. The molecular formula is C22H45. The van der Waals surface area contributed by atoms with Crippen molar-refractivity contribution in [3.8, 4) is 0 Å². The minimum atomic E-state index is 1.36. The lowest BCUT2D eigenvalue weighted by Crippen LogP contribution is -1.99. The van der Waals surface area contributed by atoms with Crippen molar-refractivity contribution in [2.45, 2.75) is 136 Å². The van der Waals surface area contributed by atoms with Crippen LogP contribution in [0.3, 0.4) is 0 Å². The van der Waals surface area contributed by atoms with Crippen LogP contribution >= 0.6 is 0 Å². The van der Waals surface area contributed by atoms with Gasteiger partial charge in [-0.05, 0) is 25.2 Å². The highest BCUT2D eigenvalue weighted by Gasteiger charge is 2.08. The van der Waals surface area contributed by atoms with Gasteiger partial charge in [0.1, 0.15) is 0 Å². The molecule has 0 unspecified atom stereocenters. The molecule has 0 atom stereocenters. The summed E-state index contributed by atoms with van der Waals surface area (Å²) in [6.45, 7) is 6.93. The molecule has 0 heteroatoms. The monoisotopic (exact) mass is 309 g/mol. The standard InChI is InChI=1S/C22H45/c1-4-7-10-12-14-17-20-22(19-16-9-6-3)21-18-15-13-11-8-5-2/h4-21H2,1-3H3. The first-order valence-corrected chi connectivity index (χ1v) is 10.7. The van der Waals surface area contributed by atoms with Gasteiger partial charge in [0.05, 0.1) is 0 Å². The first kappa shape index (κ1) is 22.0. The van der Waals surface area contributed by atoms with Gasteiger partial charge in [0.2, 0.25) is 0 Å². The van der Waals surface area contributed by atoms with Crippen molar-refractivity contribution in [2.24, 2.45) is 0 Å². The quantitative estimate of drug-likeness (QED) is 0.222. The molecule has 0 aromatic carbocycles. The Labute approximate surface area is 142 Å². The fourth-order valence-electron chi connectivity index (χ4n) is 3.31. The Hall–Kier alpha value is 0. The van der Waals surface area contributed by atoms with Crippen LogP contribution in [0.2, 0.25) is 0 Å². The summed E-state index contributed by atoms with van der Waals surface area (Å²) in [5, 5.41) is 0. The predicted octanol–water partition coefficient (Wildman–Crippen LogP) is 8.64. The second-order valence-corrected chi connectivity index (χ2v) is 7.24. The minimum Gasteiger partial charge on any atom is -0.0654 e. The van der Waals surface area contributed by atoms with Crippen molar-refractivity contribution in [1.29, 1.82) is 0 Å². The molecule has 0 N–H and O–H groups in total. The maximum Gasteiger partial charge on any atom is -0.0241 e. The molecule has 0 aliphatic heterocycles.